The van der Waals surface area contributed by atoms with Crippen LogP contribution < -0.4 is 4.74 Å². The van der Waals surface area contributed by atoms with Crippen molar-refractivity contribution >= 4 is 36.2 Å². The Bertz CT molecular complexity index is 852. The van der Waals surface area contributed by atoms with Crippen molar-refractivity contribution in [1.82, 2.24) is 0 Å². The fourth-order valence-electron chi connectivity index (χ4n) is 2.53. The van der Waals surface area contributed by atoms with Gasteiger partial charge in [0.1, 0.15) is 18.7 Å². The quantitative estimate of drug-likeness (QED) is 0.243. The molecule has 0 bridgehead atoms. The van der Waals surface area contributed by atoms with Gasteiger partial charge in [-0.05, 0) is 19.1 Å². The Morgan fingerprint density at radius 2 is 1.71 bits per heavy atom. The number of aldehydes is 2. The van der Waals surface area contributed by atoms with E-state index in [0.29, 0.717) is 6.29 Å². The molecule has 0 aliphatic carbocycles. The molecular formula is C21H29NO13. The Hall–Kier alpha value is -3.91. The fraction of sp³-hybridized carbons (Fsp3) is 0.476. The number of hydrogen-bond donors (Lipinski definition) is 2. The Labute approximate surface area is 200 Å². The van der Waals surface area contributed by atoms with Crippen LogP contribution in [0.15, 0.2) is 18.2 Å². The molecule has 1 aromatic rings. The third-order valence-electron chi connectivity index (χ3n) is 3.62. The van der Waals surface area contributed by atoms with E-state index in [0.717, 1.165) is 26.4 Å². The minimum absolute atomic E-state index is 0.0691. The average Bonchev–Trinajstić information content (AvgIpc) is 2.79. The number of benzene rings is 1. The summed E-state index contributed by atoms with van der Waals surface area (Å²) in [6.07, 6.45) is -1.44. The molecule has 0 amide bonds. The van der Waals surface area contributed by atoms with Crippen LogP contribution in [0, 0.1) is 10.1 Å². The van der Waals surface area contributed by atoms with Crippen molar-refractivity contribution in [2.24, 2.45) is 0 Å². The number of carbonyl (C=O) groups is 5. The molecule has 1 saturated heterocycles. The highest BCUT2D eigenvalue weighted by Crippen LogP contribution is 2.32. The number of methoxy groups -OCH3 is 1. The van der Waals surface area contributed by atoms with Gasteiger partial charge >= 0.3 is 17.6 Å². The molecule has 2 rings (SSSR count). The molecule has 1 aromatic carbocycles. The number of nitro benzene ring substituents is 1. The minimum atomic E-state index is -1.09. The molecule has 2 N–H and O–H groups in total. The normalized spacial score (nSPS) is 17.7. The van der Waals surface area contributed by atoms with Gasteiger partial charge in [0.05, 0.1) is 12.0 Å². The lowest BCUT2D eigenvalue weighted by molar-refractivity contribution is -0.386. The van der Waals surface area contributed by atoms with Crippen LogP contribution in [0.4, 0.5) is 5.69 Å². The van der Waals surface area contributed by atoms with E-state index in [1.165, 1.54) is 33.1 Å². The first-order valence-electron chi connectivity index (χ1n) is 9.83. The van der Waals surface area contributed by atoms with Crippen LogP contribution in [0.1, 0.15) is 44.0 Å². The fourth-order valence-corrected chi connectivity index (χ4v) is 2.53. The van der Waals surface area contributed by atoms with Gasteiger partial charge in [-0.15, -0.1) is 0 Å². The average molecular weight is 503 g/mol. The lowest BCUT2D eigenvalue weighted by Gasteiger charge is -2.33. The van der Waals surface area contributed by atoms with E-state index in [4.69, 9.17) is 34.0 Å². The highest BCUT2D eigenvalue weighted by molar-refractivity contribution is 5.77. The zero-order valence-electron chi connectivity index (χ0n) is 19.9. The van der Waals surface area contributed by atoms with E-state index >= 15 is 0 Å². The zero-order chi connectivity index (χ0) is 27.6. The Balaban J connectivity index is 0. The number of aliphatic carboxylic acids is 1. The third kappa shape index (κ3) is 14.1. The number of nitro groups is 1. The van der Waals surface area contributed by atoms with Crippen LogP contribution in [0.5, 0.6) is 5.75 Å². The lowest BCUT2D eigenvalue weighted by Crippen LogP contribution is -2.44. The van der Waals surface area contributed by atoms with E-state index in [1.54, 1.807) is 0 Å². The Kier molecular flexibility index (Phi) is 17.6. The summed E-state index contributed by atoms with van der Waals surface area (Å²) in [7, 11) is 2.18. The molecule has 1 fully saturated rings. The van der Waals surface area contributed by atoms with Crippen LogP contribution in [-0.4, -0.2) is 78.3 Å². The summed E-state index contributed by atoms with van der Waals surface area (Å²) in [6.45, 7) is 3.75. The van der Waals surface area contributed by atoms with E-state index in [-0.39, 0.29) is 24.2 Å². The molecule has 3 unspecified atom stereocenters. The summed E-state index contributed by atoms with van der Waals surface area (Å²) in [5, 5.41) is 25.6. The van der Waals surface area contributed by atoms with Crippen LogP contribution in [0.3, 0.4) is 0 Å². The summed E-state index contributed by atoms with van der Waals surface area (Å²) in [5.74, 6) is -2.19. The highest BCUT2D eigenvalue weighted by atomic mass is 16.7. The first-order valence-corrected chi connectivity index (χ1v) is 9.83. The van der Waals surface area contributed by atoms with Crippen molar-refractivity contribution in [3.05, 3.63) is 33.9 Å². The number of aliphatic hydroxyl groups is 1. The second-order valence-corrected chi connectivity index (χ2v) is 6.25. The molecule has 14 nitrogen and oxygen atoms in total. The van der Waals surface area contributed by atoms with E-state index in [2.05, 4.69) is 4.74 Å². The standard InChI is InChI=1S/C16H17NO9.C2H4O2.C2H4O.CH4O/c1-9(19)24-11-6-14(16(20)23-2)26-15(7-11)25-13-4-3-10(8-18)5-12(13)17(21)22;1-2(3)4;1-2-3;1-2/h3-5,8,11,14-15H,6-7H2,1-2H3;1H3,(H,3,4);2H,1H3;2H,1H3. The van der Waals surface area contributed by atoms with Gasteiger partial charge in [-0.25, -0.2) is 4.79 Å². The maximum atomic E-state index is 11.8. The smallest absolute Gasteiger partial charge is 0.335 e. The molecule has 0 spiro atoms. The van der Waals surface area contributed by atoms with Crippen LogP contribution in [0.2, 0.25) is 0 Å². The molecule has 0 aromatic heterocycles. The topological polar surface area (TPSA) is 206 Å². The van der Waals surface area contributed by atoms with E-state index < -0.39 is 47.0 Å². The Morgan fingerprint density at radius 3 is 2.14 bits per heavy atom. The number of nitrogens with zero attached hydrogens (tertiary/aromatic N) is 1. The van der Waals surface area contributed by atoms with Gasteiger partial charge in [-0.3, -0.25) is 24.5 Å². The number of carboxylic acid groups (broad SMARTS) is 1. The lowest BCUT2D eigenvalue weighted by atomic mass is 10.0. The molecule has 1 aliphatic rings. The second-order valence-electron chi connectivity index (χ2n) is 6.25. The highest BCUT2D eigenvalue weighted by Gasteiger charge is 2.38. The number of ether oxygens (including phenoxy) is 4. The van der Waals surface area contributed by atoms with Crippen molar-refractivity contribution < 1.29 is 58.1 Å². The first-order chi connectivity index (χ1) is 16.5. The van der Waals surface area contributed by atoms with E-state index in [9.17, 15) is 24.5 Å². The molecule has 1 aliphatic heterocycles. The predicted molar refractivity (Wildman–Crippen MR) is 118 cm³/mol. The van der Waals surface area contributed by atoms with Crippen molar-refractivity contribution in [3.63, 3.8) is 0 Å². The minimum Gasteiger partial charge on any atom is -0.481 e. The molecule has 0 saturated carbocycles. The molecular weight excluding hydrogens is 474 g/mol. The van der Waals surface area contributed by atoms with Gasteiger partial charge in [-0.1, -0.05) is 0 Å². The van der Waals surface area contributed by atoms with Crippen LogP contribution in [0.25, 0.3) is 0 Å². The van der Waals surface area contributed by atoms with Crippen molar-refractivity contribution in [3.8, 4) is 5.75 Å². The zero-order valence-corrected chi connectivity index (χ0v) is 19.9. The number of aliphatic hydroxyl groups excluding tert-OH is 1. The van der Waals surface area contributed by atoms with Crippen molar-refractivity contribution in [2.45, 2.75) is 52.1 Å². The van der Waals surface area contributed by atoms with Gasteiger partial charge in [0.15, 0.2) is 11.9 Å². The van der Waals surface area contributed by atoms with Crippen molar-refractivity contribution in [2.75, 3.05) is 14.2 Å². The van der Waals surface area contributed by atoms with Crippen LogP contribution >= 0.6 is 0 Å². The monoisotopic (exact) mass is 503 g/mol. The summed E-state index contributed by atoms with van der Waals surface area (Å²) in [6, 6.07) is 3.67. The molecule has 35 heavy (non-hydrogen) atoms. The van der Waals surface area contributed by atoms with Gasteiger partial charge < -0.3 is 34.0 Å². The first kappa shape index (κ1) is 33.3. The van der Waals surface area contributed by atoms with Crippen molar-refractivity contribution in [1.29, 1.82) is 0 Å². The predicted octanol–water partition coefficient (Wildman–Crippen LogP) is 1.30. The number of carbonyl (C=O) groups excluding carboxylic acids is 4. The molecule has 3 atom stereocenters. The Morgan fingerprint density at radius 1 is 1.17 bits per heavy atom. The van der Waals surface area contributed by atoms with Gasteiger partial charge in [0, 0.05) is 45.4 Å². The largest absolute Gasteiger partial charge is 0.481 e. The summed E-state index contributed by atoms with van der Waals surface area (Å²) < 4.78 is 20.7. The maximum Gasteiger partial charge on any atom is 0.335 e. The molecule has 14 heteroatoms. The summed E-state index contributed by atoms with van der Waals surface area (Å²) in [4.78, 5) is 62.0. The van der Waals surface area contributed by atoms with E-state index in [1.807, 2.05) is 0 Å². The summed E-state index contributed by atoms with van der Waals surface area (Å²) >= 11 is 0. The van der Waals surface area contributed by atoms with Crippen LogP contribution in [-0.2, 0) is 33.4 Å². The second kappa shape index (κ2) is 18.5. The molecule has 1 heterocycles. The molecule has 0 radical (unpaired) electrons. The number of hydrogen-bond acceptors (Lipinski definition) is 12. The SMILES string of the molecule is CC(=O)O.CC=O.CO.COC(=O)C1CC(OC(C)=O)CC(Oc2ccc(C=O)cc2[N+](=O)[O-])O1. The third-order valence-corrected chi connectivity index (χ3v) is 3.62. The van der Waals surface area contributed by atoms with Gasteiger partial charge in [0.2, 0.25) is 6.29 Å². The number of carboxylic acids is 1. The molecule has 196 valence electrons. The summed E-state index contributed by atoms with van der Waals surface area (Å²) in [5.41, 5.74) is -0.318. The maximum absolute atomic E-state index is 11.8. The van der Waals surface area contributed by atoms with Gasteiger partial charge in [-0.2, -0.15) is 0 Å². The number of esters is 2. The number of rotatable bonds is 6. The van der Waals surface area contributed by atoms with Gasteiger partial charge in [0.25, 0.3) is 5.97 Å².